The minimum atomic E-state index is -0.305. The van der Waals surface area contributed by atoms with Crippen LogP contribution in [0.3, 0.4) is 0 Å². The maximum Gasteiger partial charge on any atom is 0.409 e. The minimum absolute atomic E-state index is 0.0790. The van der Waals surface area contributed by atoms with Crippen LogP contribution in [0, 0.1) is 0 Å². The second-order valence-corrected chi connectivity index (χ2v) is 7.65. The van der Waals surface area contributed by atoms with Gasteiger partial charge in [0.25, 0.3) is 0 Å². The highest BCUT2D eigenvalue weighted by molar-refractivity contribution is 6.04. The first-order chi connectivity index (χ1) is 15.9. The van der Waals surface area contributed by atoms with Crippen LogP contribution in [-0.4, -0.2) is 56.9 Å². The molecule has 8 heteroatoms. The van der Waals surface area contributed by atoms with Crippen LogP contribution < -0.4 is 20.1 Å². The van der Waals surface area contributed by atoms with Crippen molar-refractivity contribution in [1.29, 1.82) is 0 Å². The molecule has 176 valence electrons. The van der Waals surface area contributed by atoms with Gasteiger partial charge in [0, 0.05) is 37.3 Å². The van der Waals surface area contributed by atoms with Gasteiger partial charge in [-0.1, -0.05) is 12.1 Å². The second kappa shape index (κ2) is 11.3. The van der Waals surface area contributed by atoms with E-state index in [-0.39, 0.29) is 18.1 Å². The number of carbonyl (C=O) groups is 2. The fourth-order valence-corrected chi connectivity index (χ4v) is 3.75. The monoisotopic (exact) mass is 453 g/mol. The van der Waals surface area contributed by atoms with Gasteiger partial charge in [0.1, 0.15) is 17.6 Å². The summed E-state index contributed by atoms with van der Waals surface area (Å²) in [5.41, 5.74) is 3.19. The molecule has 8 nitrogen and oxygen atoms in total. The SMILES string of the molecule is CCOC(=O)N1CCC(Oc2ccc(NC(=O)/C=C(\C)c3cccc(OC)c3NC)cc2)C1. The summed E-state index contributed by atoms with van der Waals surface area (Å²) in [6.45, 7) is 5.15. The third kappa shape index (κ3) is 6.19. The second-order valence-electron chi connectivity index (χ2n) is 7.65. The lowest BCUT2D eigenvalue weighted by Gasteiger charge is -2.16. The Hall–Kier alpha value is -3.68. The number of benzene rings is 2. The Kier molecular flexibility index (Phi) is 8.18. The number of amides is 2. The van der Waals surface area contributed by atoms with Crippen molar-refractivity contribution < 1.29 is 23.8 Å². The lowest BCUT2D eigenvalue weighted by Crippen LogP contribution is -2.31. The van der Waals surface area contributed by atoms with Crippen molar-refractivity contribution in [2.45, 2.75) is 26.4 Å². The van der Waals surface area contributed by atoms with E-state index in [0.29, 0.717) is 36.9 Å². The number of para-hydroxylation sites is 1. The number of nitrogens with zero attached hydrogens (tertiary/aromatic N) is 1. The zero-order valence-electron chi connectivity index (χ0n) is 19.5. The van der Waals surface area contributed by atoms with Crippen LogP contribution in [0.1, 0.15) is 25.8 Å². The van der Waals surface area contributed by atoms with Gasteiger partial charge in [-0.3, -0.25) is 4.79 Å². The van der Waals surface area contributed by atoms with Crippen molar-refractivity contribution in [3.05, 3.63) is 54.1 Å². The summed E-state index contributed by atoms with van der Waals surface area (Å²) < 4.78 is 16.4. The quantitative estimate of drug-likeness (QED) is 0.577. The third-order valence-electron chi connectivity index (χ3n) is 5.36. The zero-order chi connectivity index (χ0) is 23.8. The molecular weight excluding hydrogens is 422 g/mol. The Labute approximate surface area is 194 Å². The van der Waals surface area contributed by atoms with Crippen LogP contribution in [-0.2, 0) is 9.53 Å². The molecule has 1 fully saturated rings. The van der Waals surface area contributed by atoms with E-state index in [9.17, 15) is 9.59 Å². The smallest absolute Gasteiger partial charge is 0.409 e. The molecule has 0 aromatic heterocycles. The molecular formula is C25H31N3O5. The van der Waals surface area contributed by atoms with Gasteiger partial charge in [-0.2, -0.15) is 0 Å². The maximum atomic E-state index is 12.5. The molecule has 2 aromatic rings. The molecule has 0 bridgehead atoms. The van der Waals surface area contributed by atoms with E-state index in [4.69, 9.17) is 14.2 Å². The summed E-state index contributed by atoms with van der Waals surface area (Å²) in [6.07, 6.45) is 1.92. The normalized spacial score (nSPS) is 15.7. The summed E-state index contributed by atoms with van der Waals surface area (Å²) in [5, 5.41) is 6.00. The van der Waals surface area contributed by atoms with Gasteiger partial charge in [0.15, 0.2) is 0 Å². The Morgan fingerprint density at radius 3 is 2.61 bits per heavy atom. The van der Waals surface area contributed by atoms with E-state index >= 15 is 0 Å². The van der Waals surface area contributed by atoms with E-state index in [2.05, 4.69) is 10.6 Å². The van der Waals surface area contributed by atoms with Crippen LogP contribution in [0.25, 0.3) is 5.57 Å². The van der Waals surface area contributed by atoms with Crippen LogP contribution in [0.2, 0.25) is 0 Å². The highest BCUT2D eigenvalue weighted by atomic mass is 16.6. The molecule has 2 aromatic carbocycles. The van der Waals surface area contributed by atoms with Crippen molar-refractivity contribution in [2.75, 3.05) is 44.5 Å². The lowest BCUT2D eigenvalue weighted by atomic mass is 10.0. The van der Waals surface area contributed by atoms with Gasteiger partial charge < -0.3 is 29.7 Å². The minimum Gasteiger partial charge on any atom is -0.495 e. The van der Waals surface area contributed by atoms with E-state index < -0.39 is 0 Å². The highest BCUT2D eigenvalue weighted by Gasteiger charge is 2.28. The topological polar surface area (TPSA) is 89.1 Å². The van der Waals surface area contributed by atoms with E-state index in [0.717, 1.165) is 23.2 Å². The lowest BCUT2D eigenvalue weighted by molar-refractivity contribution is -0.111. The molecule has 1 unspecified atom stereocenters. The first kappa shape index (κ1) is 24.0. The Morgan fingerprint density at radius 2 is 1.94 bits per heavy atom. The van der Waals surface area contributed by atoms with Gasteiger partial charge >= 0.3 is 6.09 Å². The van der Waals surface area contributed by atoms with Gasteiger partial charge in [-0.15, -0.1) is 0 Å². The summed E-state index contributed by atoms with van der Waals surface area (Å²) in [5.74, 6) is 1.17. The van der Waals surface area contributed by atoms with Crippen LogP contribution in [0.5, 0.6) is 11.5 Å². The molecule has 33 heavy (non-hydrogen) atoms. The Morgan fingerprint density at radius 1 is 1.18 bits per heavy atom. The van der Waals surface area contributed by atoms with E-state index in [1.807, 2.05) is 32.2 Å². The van der Waals surface area contributed by atoms with Crippen LogP contribution >= 0.6 is 0 Å². The zero-order valence-corrected chi connectivity index (χ0v) is 19.5. The van der Waals surface area contributed by atoms with Crippen LogP contribution in [0.4, 0.5) is 16.2 Å². The first-order valence-corrected chi connectivity index (χ1v) is 11.0. The fourth-order valence-electron chi connectivity index (χ4n) is 3.75. The molecule has 0 radical (unpaired) electrons. The highest BCUT2D eigenvalue weighted by Crippen LogP contribution is 2.32. The number of rotatable bonds is 8. The molecule has 1 heterocycles. The molecule has 0 saturated carbocycles. The number of likely N-dealkylation sites (tertiary alicyclic amines) is 1. The number of hydrogen-bond acceptors (Lipinski definition) is 6. The summed E-state index contributed by atoms with van der Waals surface area (Å²) in [7, 11) is 3.43. The molecule has 1 atom stereocenters. The molecule has 1 aliphatic heterocycles. The van der Waals surface area contributed by atoms with Gasteiger partial charge in [-0.05, 0) is 49.8 Å². The van der Waals surface area contributed by atoms with E-state index in [1.165, 1.54) is 0 Å². The van der Waals surface area contributed by atoms with Crippen molar-refractivity contribution in [2.24, 2.45) is 0 Å². The number of nitrogens with one attached hydrogen (secondary N) is 2. The molecule has 1 aliphatic rings. The number of hydrogen-bond donors (Lipinski definition) is 2. The van der Waals surface area contributed by atoms with Crippen molar-refractivity contribution in [1.82, 2.24) is 4.90 Å². The molecule has 2 N–H and O–H groups in total. The predicted molar refractivity (Wildman–Crippen MR) is 129 cm³/mol. The Bertz CT molecular complexity index is 1000. The largest absolute Gasteiger partial charge is 0.495 e. The van der Waals surface area contributed by atoms with E-state index in [1.54, 1.807) is 49.3 Å². The standard InChI is InChI=1S/C25H31N3O5/c1-5-32-25(30)28-14-13-20(16-28)33-19-11-9-18(10-12-19)27-23(29)15-17(2)21-7-6-8-22(31-4)24(21)26-3/h6-12,15,20,26H,5,13-14,16H2,1-4H3,(H,27,29)/b17-15+. The number of carbonyl (C=O) groups excluding carboxylic acids is 2. The molecule has 0 spiro atoms. The van der Waals surface area contributed by atoms with Crippen molar-refractivity contribution in [3.8, 4) is 11.5 Å². The summed E-state index contributed by atoms with van der Waals surface area (Å²) in [4.78, 5) is 26.0. The number of methoxy groups -OCH3 is 1. The summed E-state index contributed by atoms with van der Waals surface area (Å²) in [6, 6.07) is 12.9. The fraction of sp³-hybridized carbons (Fsp3) is 0.360. The predicted octanol–water partition coefficient (Wildman–Crippen LogP) is 4.39. The van der Waals surface area contributed by atoms with Gasteiger partial charge in [0.2, 0.25) is 5.91 Å². The maximum absolute atomic E-state index is 12.5. The molecule has 0 aliphatic carbocycles. The van der Waals surface area contributed by atoms with Crippen LogP contribution in [0.15, 0.2) is 48.5 Å². The van der Waals surface area contributed by atoms with Crippen molar-refractivity contribution >= 4 is 28.9 Å². The summed E-state index contributed by atoms with van der Waals surface area (Å²) >= 11 is 0. The number of anilines is 2. The first-order valence-electron chi connectivity index (χ1n) is 11.0. The van der Waals surface area contributed by atoms with Gasteiger partial charge in [-0.25, -0.2) is 4.79 Å². The van der Waals surface area contributed by atoms with Gasteiger partial charge in [0.05, 0.1) is 25.9 Å². The number of ether oxygens (including phenoxy) is 3. The molecule has 2 amide bonds. The Balaban J connectivity index is 1.58. The molecule has 1 saturated heterocycles. The average molecular weight is 454 g/mol. The molecule has 3 rings (SSSR count). The number of allylic oxidation sites excluding steroid dienone is 1. The average Bonchev–Trinajstić information content (AvgIpc) is 3.28. The third-order valence-corrected chi connectivity index (χ3v) is 5.36. The van der Waals surface area contributed by atoms with Crippen molar-refractivity contribution in [3.63, 3.8) is 0 Å².